The molecule has 2 aromatic rings. The summed E-state index contributed by atoms with van der Waals surface area (Å²) < 4.78 is 0. The predicted molar refractivity (Wildman–Crippen MR) is 72.8 cm³/mol. The molecule has 0 atom stereocenters. The summed E-state index contributed by atoms with van der Waals surface area (Å²) >= 11 is 0. The zero-order valence-corrected chi connectivity index (χ0v) is 10.8. The van der Waals surface area contributed by atoms with E-state index in [4.69, 9.17) is 0 Å². The molecule has 0 saturated carbocycles. The van der Waals surface area contributed by atoms with E-state index in [9.17, 15) is 4.79 Å². The number of carbonyl (C=O) groups excluding carboxylic acids is 1. The van der Waals surface area contributed by atoms with E-state index in [0.29, 0.717) is 6.42 Å². The lowest BCUT2D eigenvalue weighted by Crippen LogP contribution is -2.02. The Morgan fingerprint density at radius 3 is 2.50 bits per heavy atom. The molecule has 1 aromatic heterocycles. The highest BCUT2D eigenvalue weighted by atomic mass is 16.1. The van der Waals surface area contributed by atoms with Crippen molar-refractivity contribution in [2.24, 2.45) is 0 Å². The average Bonchev–Trinajstić information content (AvgIpc) is 2.36. The van der Waals surface area contributed by atoms with Gasteiger partial charge in [0.1, 0.15) is 0 Å². The number of benzene rings is 1. The molecule has 18 heavy (non-hydrogen) atoms. The number of rotatable bonds is 4. The van der Waals surface area contributed by atoms with Crippen molar-refractivity contribution in [2.75, 3.05) is 0 Å². The molecule has 1 heterocycles. The molecule has 2 rings (SSSR count). The summed E-state index contributed by atoms with van der Waals surface area (Å²) in [4.78, 5) is 16.2. The second-order valence-corrected chi connectivity index (χ2v) is 4.66. The van der Waals surface area contributed by atoms with Crippen molar-refractivity contribution in [1.29, 1.82) is 0 Å². The van der Waals surface area contributed by atoms with E-state index in [2.05, 4.69) is 11.1 Å². The van der Waals surface area contributed by atoms with Crippen LogP contribution in [0.1, 0.15) is 33.5 Å². The van der Waals surface area contributed by atoms with E-state index >= 15 is 0 Å². The third-order valence-electron chi connectivity index (χ3n) is 2.91. The van der Waals surface area contributed by atoms with Gasteiger partial charge >= 0.3 is 0 Å². The van der Waals surface area contributed by atoms with Crippen LogP contribution >= 0.6 is 0 Å². The lowest BCUT2D eigenvalue weighted by molar-refractivity contribution is 0.0982. The fourth-order valence-corrected chi connectivity index (χ4v) is 2.08. The van der Waals surface area contributed by atoms with Crippen LogP contribution in [0, 0.1) is 13.8 Å². The van der Waals surface area contributed by atoms with Crippen LogP contribution in [0.2, 0.25) is 0 Å². The topological polar surface area (TPSA) is 30.0 Å². The second-order valence-electron chi connectivity index (χ2n) is 4.66. The standard InChI is InChI=1S/C16H17NO/c1-12-8-13(2)10-15(9-12)16(18)6-5-14-4-3-7-17-11-14/h3-4,7-11H,5-6H2,1-2H3. The second kappa shape index (κ2) is 5.58. The summed E-state index contributed by atoms with van der Waals surface area (Å²) in [6.07, 6.45) is 4.85. The first-order valence-electron chi connectivity index (χ1n) is 6.15. The Hall–Kier alpha value is -1.96. The first kappa shape index (κ1) is 12.5. The molecule has 0 bridgehead atoms. The molecule has 0 fully saturated rings. The van der Waals surface area contributed by atoms with Crippen molar-refractivity contribution < 1.29 is 4.79 Å². The van der Waals surface area contributed by atoms with Gasteiger partial charge in [0.05, 0.1) is 0 Å². The third kappa shape index (κ3) is 3.27. The van der Waals surface area contributed by atoms with E-state index in [1.807, 2.05) is 44.3 Å². The number of aryl methyl sites for hydroxylation is 3. The molecule has 0 aliphatic heterocycles. The van der Waals surface area contributed by atoms with Gasteiger partial charge in [-0.15, -0.1) is 0 Å². The number of pyridine rings is 1. The van der Waals surface area contributed by atoms with Crippen molar-refractivity contribution >= 4 is 5.78 Å². The van der Waals surface area contributed by atoms with Crippen LogP contribution in [0.15, 0.2) is 42.7 Å². The molecule has 1 aromatic carbocycles. The van der Waals surface area contributed by atoms with Crippen LogP contribution in [-0.2, 0) is 6.42 Å². The first-order chi connectivity index (χ1) is 8.65. The Labute approximate surface area is 108 Å². The number of nitrogens with zero attached hydrogens (tertiary/aromatic N) is 1. The van der Waals surface area contributed by atoms with Gasteiger partial charge in [0.15, 0.2) is 5.78 Å². The van der Waals surface area contributed by atoms with E-state index in [1.165, 1.54) is 0 Å². The van der Waals surface area contributed by atoms with Gasteiger partial charge in [0, 0.05) is 24.4 Å². The molecule has 0 spiro atoms. The monoisotopic (exact) mass is 239 g/mol. The maximum absolute atomic E-state index is 12.1. The van der Waals surface area contributed by atoms with Gasteiger partial charge in [0.2, 0.25) is 0 Å². The molecule has 0 unspecified atom stereocenters. The zero-order valence-electron chi connectivity index (χ0n) is 10.8. The van der Waals surface area contributed by atoms with E-state index in [0.717, 1.165) is 28.7 Å². The number of hydrogen-bond donors (Lipinski definition) is 0. The van der Waals surface area contributed by atoms with Crippen LogP contribution in [0.3, 0.4) is 0 Å². The van der Waals surface area contributed by atoms with Gasteiger partial charge in [-0.05, 0) is 44.0 Å². The minimum atomic E-state index is 0.200. The molecule has 0 saturated heterocycles. The van der Waals surface area contributed by atoms with Crippen molar-refractivity contribution in [3.05, 3.63) is 65.0 Å². The normalized spacial score (nSPS) is 10.3. The number of aromatic nitrogens is 1. The molecule has 0 radical (unpaired) electrons. The van der Waals surface area contributed by atoms with Gasteiger partial charge < -0.3 is 0 Å². The first-order valence-corrected chi connectivity index (χ1v) is 6.15. The van der Waals surface area contributed by atoms with Crippen molar-refractivity contribution in [3.63, 3.8) is 0 Å². The minimum absolute atomic E-state index is 0.200. The van der Waals surface area contributed by atoms with Gasteiger partial charge in [-0.2, -0.15) is 0 Å². The van der Waals surface area contributed by atoms with Crippen LogP contribution in [0.4, 0.5) is 0 Å². The molecule has 0 N–H and O–H groups in total. The number of ketones is 1. The minimum Gasteiger partial charge on any atom is -0.294 e. The summed E-state index contributed by atoms with van der Waals surface area (Å²) in [5, 5.41) is 0. The summed E-state index contributed by atoms with van der Waals surface area (Å²) in [6.45, 7) is 4.04. The van der Waals surface area contributed by atoms with Crippen molar-refractivity contribution in [1.82, 2.24) is 4.98 Å². The fourth-order valence-electron chi connectivity index (χ4n) is 2.08. The lowest BCUT2D eigenvalue weighted by atomic mass is 10.00. The summed E-state index contributed by atoms with van der Waals surface area (Å²) in [7, 11) is 0. The Kier molecular flexibility index (Phi) is 3.88. The summed E-state index contributed by atoms with van der Waals surface area (Å²) in [6, 6.07) is 9.90. The van der Waals surface area contributed by atoms with Gasteiger partial charge in [-0.1, -0.05) is 23.3 Å². The predicted octanol–water partition coefficient (Wildman–Crippen LogP) is 3.51. The average molecular weight is 239 g/mol. The fraction of sp³-hybridized carbons (Fsp3) is 0.250. The van der Waals surface area contributed by atoms with E-state index in [-0.39, 0.29) is 5.78 Å². The maximum atomic E-state index is 12.1. The molecular formula is C16H17NO. The highest BCUT2D eigenvalue weighted by Gasteiger charge is 2.07. The Balaban J connectivity index is 2.04. The number of hydrogen-bond acceptors (Lipinski definition) is 2. The largest absolute Gasteiger partial charge is 0.294 e. The third-order valence-corrected chi connectivity index (χ3v) is 2.91. The van der Waals surface area contributed by atoms with E-state index in [1.54, 1.807) is 6.20 Å². The van der Waals surface area contributed by atoms with Crippen LogP contribution in [0.25, 0.3) is 0 Å². The SMILES string of the molecule is Cc1cc(C)cc(C(=O)CCc2cccnc2)c1. The molecule has 2 heteroatoms. The molecule has 2 nitrogen and oxygen atoms in total. The van der Waals surface area contributed by atoms with Gasteiger partial charge in [0.25, 0.3) is 0 Å². The summed E-state index contributed by atoms with van der Waals surface area (Å²) in [5.41, 5.74) is 4.20. The number of carbonyl (C=O) groups is 1. The van der Waals surface area contributed by atoms with Crippen molar-refractivity contribution in [3.8, 4) is 0 Å². The smallest absolute Gasteiger partial charge is 0.163 e. The Morgan fingerprint density at radius 1 is 1.17 bits per heavy atom. The van der Waals surface area contributed by atoms with Crippen molar-refractivity contribution in [2.45, 2.75) is 26.7 Å². The molecular weight excluding hydrogens is 222 g/mol. The van der Waals surface area contributed by atoms with E-state index < -0.39 is 0 Å². The van der Waals surface area contributed by atoms with Crippen LogP contribution in [-0.4, -0.2) is 10.8 Å². The lowest BCUT2D eigenvalue weighted by Gasteiger charge is -2.04. The van der Waals surface area contributed by atoms with Gasteiger partial charge in [-0.25, -0.2) is 0 Å². The van der Waals surface area contributed by atoms with Crippen LogP contribution < -0.4 is 0 Å². The maximum Gasteiger partial charge on any atom is 0.163 e. The summed E-state index contributed by atoms with van der Waals surface area (Å²) in [5.74, 6) is 0.200. The Morgan fingerprint density at radius 2 is 1.89 bits per heavy atom. The molecule has 92 valence electrons. The quantitative estimate of drug-likeness (QED) is 0.764. The number of Topliss-reactive ketones (excluding diaryl/α,β-unsaturated/α-hetero) is 1. The molecule has 0 amide bonds. The zero-order chi connectivity index (χ0) is 13.0. The highest BCUT2D eigenvalue weighted by Crippen LogP contribution is 2.12. The highest BCUT2D eigenvalue weighted by molar-refractivity contribution is 5.96. The van der Waals surface area contributed by atoms with Crippen LogP contribution in [0.5, 0.6) is 0 Å². The molecule has 0 aliphatic rings. The molecule has 0 aliphatic carbocycles. The Bertz CT molecular complexity index is 526. The van der Waals surface area contributed by atoms with Gasteiger partial charge in [-0.3, -0.25) is 9.78 Å².